The van der Waals surface area contributed by atoms with Crippen LogP contribution in [0.2, 0.25) is 0 Å². The molecule has 0 radical (unpaired) electrons. The summed E-state index contributed by atoms with van der Waals surface area (Å²) in [5.74, 6) is 0.189. The first-order valence-electron chi connectivity index (χ1n) is 45.1. The molecule has 0 spiro atoms. The molecular weight excluding hydrogens is 1810 g/mol. The number of aromatic amines is 3. The number of H-pyrrole nitrogens is 3. The number of aromatic nitrogens is 3. The Morgan fingerprint density at radius 2 is 0.721 bits per heavy atom. The summed E-state index contributed by atoms with van der Waals surface area (Å²) in [5.41, 5.74) is 12.2. The highest BCUT2D eigenvalue weighted by atomic mass is 16.8. The number of pyridine rings is 3. The molecule has 48 nitrogen and oxygen atoms in total. The van der Waals surface area contributed by atoms with Crippen molar-refractivity contribution in [2.75, 3.05) is 92.3 Å². The first-order chi connectivity index (χ1) is 64.1. The van der Waals surface area contributed by atoms with Gasteiger partial charge >= 0.3 is 0 Å². The molecule has 3 aromatic heterocycles. The molecule has 48 heteroatoms. The number of aliphatic hydroxyl groups excluding tert-OH is 22. The van der Waals surface area contributed by atoms with Gasteiger partial charge in [0.2, 0.25) is 6.29 Å². The van der Waals surface area contributed by atoms with E-state index in [9.17, 15) is 96.7 Å². The van der Waals surface area contributed by atoms with Gasteiger partial charge in [-0.1, -0.05) is 0 Å². The monoisotopic (exact) mass is 1970 g/mol. The third-order valence-corrected chi connectivity index (χ3v) is 20.5. The van der Waals surface area contributed by atoms with E-state index in [1.54, 1.807) is 83.1 Å². The van der Waals surface area contributed by atoms with Gasteiger partial charge < -0.3 is 188 Å². The quantitative estimate of drug-likeness (QED) is 0.0142. The minimum Gasteiger partial charge on any atom is -0.464 e. The number of aryl methyl sites for hydroxylation is 3. The Kier molecular flexibility index (Phi) is 53.8. The Balaban J connectivity index is 0.000000317. The second-order valence-corrected chi connectivity index (χ2v) is 37.0. The molecule has 0 bridgehead atoms. The number of hydroxylamine groups is 3. The van der Waals surface area contributed by atoms with Crippen molar-refractivity contribution in [3.63, 3.8) is 0 Å². The van der Waals surface area contributed by atoms with Gasteiger partial charge in [0.25, 0.3) is 6.47 Å². The van der Waals surface area contributed by atoms with Crippen molar-refractivity contribution in [1.29, 1.82) is 0 Å². The summed E-state index contributed by atoms with van der Waals surface area (Å²) in [6.07, 6.45) is -25.6. The van der Waals surface area contributed by atoms with Crippen LogP contribution < -0.4 is 31.4 Å². The summed E-state index contributed by atoms with van der Waals surface area (Å²) in [5, 5.41) is 218. The fraction of sp³-hybridized carbons (Fsp3) is 0.795. The lowest BCUT2D eigenvalue weighted by Crippen LogP contribution is -2.65. The molecule has 136 heavy (non-hydrogen) atoms. The fourth-order valence-corrected chi connectivity index (χ4v) is 14.1. The Labute approximate surface area is 790 Å². The van der Waals surface area contributed by atoms with Crippen LogP contribution in [0, 0.1) is 20.8 Å². The zero-order valence-electron chi connectivity index (χ0n) is 79.9. The average molecular weight is 1970 g/mol. The summed E-state index contributed by atoms with van der Waals surface area (Å²) in [6, 6.07) is 6.02. The average Bonchev–Trinajstić information content (AvgIpc) is 0.778. The number of ether oxygens (including phenoxy) is 16. The molecule has 6 aliphatic rings. The second kappa shape index (κ2) is 60.4. The van der Waals surface area contributed by atoms with Crippen LogP contribution in [0.3, 0.4) is 0 Å². The summed E-state index contributed by atoms with van der Waals surface area (Å²) < 4.78 is 87.7. The summed E-state index contributed by atoms with van der Waals surface area (Å²) >= 11 is 0. The van der Waals surface area contributed by atoms with Gasteiger partial charge in [-0.2, -0.15) is 0 Å². The summed E-state index contributed by atoms with van der Waals surface area (Å²) in [7, 11) is 0. The third kappa shape index (κ3) is 41.2. The van der Waals surface area contributed by atoms with E-state index in [0.29, 0.717) is 65.3 Å². The van der Waals surface area contributed by atoms with E-state index in [1.807, 2.05) is 76.2 Å². The third-order valence-electron chi connectivity index (χ3n) is 20.5. The molecule has 9 rings (SSSR count). The molecule has 9 heterocycles. The molecule has 0 aromatic carbocycles. The SMILES string of the molecule is CC(C)(C)O[C@@H]1C(CO)O[C@H](O)C(O)[C@@H]1O.CC(C)(C)O[C@H](C(CO)OC=O)[C@@H](O)CO.Cc1c[nH+]cc(CONCCCO[C@H]2OC(CO)=C[C@@H](O)C2O)c1.Cc1c[nH+]cc(CONCCCO[C@H]2OC(CO)[C@@H](O[C@H]3OC(CO)[C@@H](OC(C)(C)C)[C@@H](O)C3O)[C@@H](O)C2O)c1.Cc1c[nH+]cc(CONCCCO[C@H]2OC(CO)[C@@H](O[C@H]3OC(CO)[C@@H](OC(C)(C)C)[C@@H](O)C3O)[C@@H](O)C2O)c1. The van der Waals surface area contributed by atoms with Crippen molar-refractivity contribution in [2.45, 2.75) is 356 Å². The van der Waals surface area contributed by atoms with E-state index >= 15 is 0 Å². The van der Waals surface area contributed by atoms with Crippen LogP contribution in [0.4, 0.5) is 0 Å². The smallest absolute Gasteiger partial charge is 0.293 e. The van der Waals surface area contributed by atoms with Crippen LogP contribution in [0.5, 0.6) is 0 Å². The number of hydrogen-bond donors (Lipinski definition) is 25. The van der Waals surface area contributed by atoms with Gasteiger partial charge in [-0.3, -0.25) is 19.3 Å². The van der Waals surface area contributed by atoms with Gasteiger partial charge in [-0.05, 0) is 147 Å². The molecule has 786 valence electrons. The Hall–Kier alpha value is -5.22. The molecule has 0 aliphatic carbocycles. The molecule has 31 atom stereocenters. The van der Waals surface area contributed by atoms with E-state index in [-0.39, 0.29) is 32.1 Å². The maximum Gasteiger partial charge on any atom is 0.293 e. The highest BCUT2D eigenvalue weighted by Gasteiger charge is 2.55. The van der Waals surface area contributed by atoms with Crippen molar-refractivity contribution in [3.05, 3.63) is 101 Å². The maximum atomic E-state index is 10.8. The number of rotatable bonds is 44. The van der Waals surface area contributed by atoms with Gasteiger partial charge in [0, 0.05) is 53.0 Å². The first kappa shape index (κ1) is 121. The van der Waals surface area contributed by atoms with Gasteiger partial charge in [0.1, 0.15) is 159 Å². The standard InChI is InChI=1S/2C26H44N2O12.C16H24N2O6.2C10H20O6/c2*1-14-8-15(10-27-9-14)13-36-28-6-5-7-35-24-20(33)18(31)22(16(11-29)37-24)39-25-21(34)19(32)23(17(12-30)38-25)40-26(2,3)4;1-11-5-12(8-17-7-11)10-23-18-3-2-4-22-16-15(21)14(20)6-13(9-19)24-16;1-10(2,3)16-8-5(4-11)15-9(14)7(13)6(8)12;1-10(2,3)16-9(7(14)4-11)8(5-12)15-6-13/h2*8-10,16-25,28-34H,5-7,11-13H2,1-4H3;5-8,14-16,18-21H,2-4,9-10H2,1H3;5-9,11-14H,4H2,1-3H3;6-9,11-12,14H,4-5H2,1-3H3/p+3/t2*16?,17?,18-,19-,20?,21?,22+,23+,24-,25+;14-,15?,16+;5?,6-,7?,8+,9-;7-,8?,9-/m00100/s1. The molecule has 5 saturated heterocycles. The minimum absolute atomic E-state index is 0.149. The molecule has 3 aromatic rings. The van der Waals surface area contributed by atoms with E-state index in [2.05, 4.69) is 36.1 Å². The van der Waals surface area contributed by atoms with Crippen LogP contribution in [-0.2, 0) is 115 Å². The highest BCUT2D eigenvalue weighted by Crippen LogP contribution is 2.36. The van der Waals surface area contributed by atoms with Gasteiger partial charge in [-0.15, -0.1) is 0 Å². The first-order valence-corrected chi connectivity index (χ1v) is 45.1. The Bertz CT molecular complexity index is 3610. The number of carbonyl (C=O) groups is 1. The maximum absolute atomic E-state index is 10.8. The highest BCUT2D eigenvalue weighted by molar-refractivity contribution is 5.37. The summed E-state index contributed by atoms with van der Waals surface area (Å²) in [6.45, 7) is 26.4. The van der Waals surface area contributed by atoms with Crippen LogP contribution in [0.25, 0.3) is 0 Å². The van der Waals surface area contributed by atoms with E-state index in [1.165, 1.54) is 6.08 Å². The molecule has 28 N–H and O–H groups in total. The fourth-order valence-electron chi connectivity index (χ4n) is 14.1. The predicted octanol–water partition coefficient (Wildman–Crippen LogP) is -7.78. The minimum atomic E-state index is -1.62. The lowest BCUT2D eigenvalue weighted by atomic mass is 9.96. The largest absolute Gasteiger partial charge is 0.464 e. The van der Waals surface area contributed by atoms with Gasteiger partial charge in [0.05, 0.1) is 108 Å². The molecule has 12 unspecified atom stereocenters. The molecule has 0 saturated carbocycles. The summed E-state index contributed by atoms with van der Waals surface area (Å²) in [4.78, 5) is 35.5. The number of hydrogen-bond acceptors (Lipinski definition) is 45. The van der Waals surface area contributed by atoms with Crippen molar-refractivity contribution in [1.82, 2.24) is 16.4 Å². The number of carbonyl (C=O) groups excluding carboxylic acids is 1. The zero-order chi connectivity index (χ0) is 102. The van der Waals surface area contributed by atoms with Gasteiger partial charge in [0.15, 0.2) is 74.7 Å². The van der Waals surface area contributed by atoms with Crippen molar-refractivity contribution in [3.8, 4) is 0 Å². The van der Waals surface area contributed by atoms with Crippen LogP contribution in [0.1, 0.15) is 136 Å². The topological polar surface area (TPSA) is 716 Å². The lowest BCUT2D eigenvalue weighted by Gasteiger charge is -2.47. The lowest BCUT2D eigenvalue weighted by molar-refractivity contribution is -0.380. The number of aliphatic hydroxyl groups is 22. The van der Waals surface area contributed by atoms with E-state index < -0.39 is 259 Å². The predicted molar refractivity (Wildman–Crippen MR) is 466 cm³/mol. The van der Waals surface area contributed by atoms with Crippen molar-refractivity contribution < 1.29 is 222 Å². The second-order valence-electron chi connectivity index (χ2n) is 37.0. The Morgan fingerprint density at radius 3 is 1.04 bits per heavy atom. The van der Waals surface area contributed by atoms with Crippen molar-refractivity contribution >= 4 is 6.47 Å². The molecule has 5 fully saturated rings. The van der Waals surface area contributed by atoms with Crippen LogP contribution >= 0.6 is 0 Å². The normalized spacial score (nSPS) is 31.8. The van der Waals surface area contributed by atoms with Gasteiger partial charge in [-0.25, -0.2) is 31.4 Å². The van der Waals surface area contributed by atoms with Crippen molar-refractivity contribution in [2.24, 2.45) is 0 Å². The van der Waals surface area contributed by atoms with Crippen LogP contribution in [-0.4, -0.2) is 424 Å². The molecule has 0 amide bonds. The molecule has 6 aliphatic heterocycles. The zero-order valence-corrected chi connectivity index (χ0v) is 79.9. The van der Waals surface area contributed by atoms with Crippen LogP contribution in [0.15, 0.2) is 67.2 Å². The van der Waals surface area contributed by atoms with E-state index in [0.717, 1.165) is 33.4 Å². The Morgan fingerprint density at radius 1 is 0.397 bits per heavy atom. The van der Waals surface area contributed by atoms with E-state index in [4.69, 9.17) is 106 Å². The number of nitrogens with one attached hydrogen (secondary N) is 6. The molecular formula is C88H155N6O42+3.